The third-order valence-electron chi connectivity index (χ3n) is 11.9. The second-order valence-electron chi connectivity index (χ2n) is 18.5. The molecular formula is C61H104O6. The van der Waals surface area contributed by atoms with Gasteiger partial charge in [-0.3, -0.25) is 14.4 Å². The molecule has 0 aromatic rings. The molecule has 0 aliphatic carbocycles. The van der Waals surface area contributed by atoms with Crippen molar-refractivity contribution in [3.63, 3.8) is 0 Å². The van der Waals surface area contributed by atoms with Gasteiger partial charge in [0.25, 0.3) is 0 Å². The van der Waals surface area contributed by atoms with Crippen LogP contribution in [0.15, 0.2) is 85.1 Å². The number of carbonyl (C=O) groups excluding carboxylic acids is 3. The van der Waals surface area contributed by atoms with Crippen LogP contribution in [0.2, 0.25) is 0 Å². The lowest BCUT2D eigenvalue weighted by atomic mass is 10.0. The summed E-state index contributed by atoms with van der Waals surface area (Å²) in [7, 11) is 0. The van der Waals surface area contributed by atoms with Crippen molar-refractivity contribution in [2.75, 3.05) is 13.2 Å². The molecule has 0 bridgehead atoms. The number of esters is 3. The van der Waals surface area contributed by atoms with E-state index in [1.54, 1.807) is 0 Å². The molecule has 384 valence electrons. The van der Waals surface area contributed by atoms with Crippen molar-refractivity contribution in [3.05, 3.63) is 85.1 Å². The average Bonchev–Trinajstić information content (AvgIpc) is 3.33. The molecule has 0 radical (unpaired) electrons. The molecule has 6 nitrogen and oxygen atoms in total. The molecule has 0 fully saturated rings. The number of rotatable bonds is 50. The van der Waals surface area contributed by atoms with Crippen LogP contribution in [-0.4, -0.2) is 37.2 Å². The first kappa shape index (κ1) is 63.6. The molecule has 0 aromatic carbocycles. The van der Waals surface area contributed by atoms with Crippen molar-refractivity contribution >= 4 is 17.9 Å². The zero-order valence-corrected chi connectivity index (χ0v) is 43.9. The Hall–Kier alpha value is -3.41. The quantitative estimate of drug-likeness (QED) is 0.0262. The van der Waals surface area contributed by atoms with Crippen LogP contribution < -0.4 is 0 Å². The van der Waals surface area contributed by atoms with Crippen molar-refractivity contribution < 1.29 is 28.6 Å². The topological polar surface area (TPSA) is 78.9 Å². The number of ether oxygens (including phenoxy) is 3. The predicted molar refractivity (Wildman–Crippen MR) is 288 cm³/mol. The summed E-state index contributed by atoms with van der Waals surface area (Å²) in [6.45, 7) is 6.43. The van der Waals surface area contributed by atoms with Crippen molar-refractivity contribution in [3.8, 4) is 0 Å². The van der Waals surface area contributed by atoms with Gasteiger partial charge >= 0.3 is 17.9 Å². The minimum absolute atomic E-state index is 0.103. The highest BCUT2D eigenvalue weighted by Gasteiger charge is 2.19. The van der Waals surface area contributed by atoms with E-state index in [1.807, 2.05) is 6.08 Å². The fraction of sp³-hybridized carbons (Fsp3) is 0.721. The van der Waals surface area contributed by atoms with E-state index in [2.05, 4.69) is 99.8 Å². The Morgan fingerprint density at radius 3 is 1.04 bits per heavy atom. The summed E-state index contributed by atoms with van der Waals surface area (Å²) in [5, 5.41) is 0. The molecule has 1 unspecified atom stereocenters. The normalized spacial score (nSPS) is 12.7. The molecule has 67 heavy (non-hydrogen) atoms. The molecule has 0 heterocycles. The van der Waals surface area contributed by atoms with E-state index in [4.69, 9.17) is 14.2 Å². The van der Waals surface area contributed by atoms with Crippen molar-refractivity contribution in [1.29, 1.82) is 0 Å². The SMILES string of the molecule is CC/C=C\C/C=C\C/C=C\C/C=C\C/C=C\C/C=C\CCC(=O)OCC(COC(=O)CCCCCCC/C=C\CCCC)OC(=O)CCCCCCCCCCCCCCCCCCCCC. The number of unbranched alkanes of at least 4 members (excludes halogenated alkanes) is 25. The van der Waals surface area contributed by atoms with Gasteiger partial charge < -0.3 is 14.2 Å². The van der Waals surface area contributed by atoms with E-state index in [9.17, 15) is 14.4 Å². The van der Waals surface area contributed by atoms with Crippen LogP contribution in [0.5, 0.6) is 0 Å². The van der Waals surface area contributed by atoms with Crippen LogP contribution in [0.3, 0.4) is 0 Å². The van der Waals surface area contributed by atoms with Gasteiger partial charge in [0.2, 0.25) is 0 Å². The minimum atomic E-state index is -0.808. The molecule has 0 saturated carbocycles. The number of hydrogen-bond donors (Lipinski definition) is 0. The first-order valence-corrected chi connectivity index (χ1v) is 28.1. The van der Waals surface area contributed by atoms with Crippen LogP contribution in [-0.2, 0) is 28.6 Å². The molecule has 0 N–H and O–H groups in total. The highest BCUT2D eigenvalue weighted by atomic mass is 16.6. The number of allylic oxidation sites excluding steroid dienone is 14. The molecule has 0 rings (SSSR count). The molecular weight excluding hydrogens is 829 g/mol. The second-order valence-corrected chi connectivity index (χ2v) is 18.5. The zero-order valence-electron chi connectivity index (χ0n) is 43.9. The van der Waals surface area contributed by atoms with E-state index in [0.717, 1.165) is 89.9 Å². The monoisotopic (exact) mass is 933 g/mol. The maximum atomic E-state index is 12.8. The first-order valence-electron chi connectivity index (χ1n) is 28.1. The van der Waals surface area contributed by atoms with Crippen molar-refractivity contribution in [1.82, 2.24) is 0 Å². The molecule has 0 aliphatic rings. The fourth-order valence-corrected chi connectivity index (χ4v) is 7.69. The molecule has 0 aliphatic heterocycles. The Kier molecular flexibility index (Phi) is 52.4. The van der Waals surface area contributed by atoms with Crippen LogP contribution in [0.1, 0.15) is 265 Å². The van der Waals surface area contributed by atoms with Gasteiger partial charge in [-0.2, -0.15) is 0 Å². The van der Waals surface area contributed by atoms with Gasteiger partial charge in [0.1, 0.15) is 13.2 Å². The smallest absolute Gasteiger partial charge is 0.306 e. The Morgan fingerprint density at radius 2 is 0.627 bits per heavy atom. The summed E-state index contributed by atoms with van der Waals surface area (Å²) in [6.07, 6.45) is 71.6. The van der Waals surface area contributed by atoms with Crippen LogP contribution in [0.4, 0.5) is 0 Å². The van der Waals surface area contributed by atoms with Gasteiger partial charge in [0.15, 0.2) is 6.10 Å². The standard InChI is InChI=1S/C61H104O6/c1-4-7-10-13-16-19-22-24-26-28-30-32-34-36-39-42-45-48-51-54-60(63)66-57-58(56-65-59(62)53-50-47-44-41-38-21-18-15-12-9-6-3)67-61(64)55-52-49-46-43-40-37-35-33-31-29-27-25-23-20-17-14-11-8-5-2/h7,10,15-16,18-19,24,26,30,32,36,39,45,48,58H,4-6,8-9,11-14,17,20-23,25,27-29,31,33-35,37-38,40-44,46-47,49-57H2,1-3H3/b10-7-,18-15-,19-16-,26-24-,32-30-,39-36-,48-45-. The van der Waals surface area contributed by atoms with Gasteiger partial charge in [-0.15, -0.1) is 0 Å². The van der Waals surface area contributed by atoms with Gasteiger partial charge in [0.05, 0.1) is 0 Å². The van der Waals surface area contributed by atoms with Gasteiger partial charge in [-0.1, -0.05) is 254 Å². The predicted octanol–water partition coefficient (Wildman–Crippen LogP) is 18.8. The molecule has 0 spiro atoms. The third kappa shape index (κ3) is 53.4. The average molecular weight is 933 g/mol. The summed E-state index contributed by atoms with van der Waals surface area (Å²) >= 11 is 0. The fourth-order valence-electron chi connectivity index (χ4n) is 7.69. The van der Waals surface area contributed by atoms with Gasteiger partial charge in [-0.05, 0) is 77.0 Å². The summed E-state index contributed by atoms with van der Waals surface area (Å²) < 4.78 is 16.8. The number of carbonyl (C=O) groups is 3. The van der Waals surface area contributed by atoms with E-state index in [-0.39, 0.29) is 37.5 Å². The highest BCUT2D eigenvalue weighted by Crippen LogP contribution is 2.16. The molecule has 6 heteroatoms. The second kappa shape index (κ2) is 55.2. The lowest BCUT2D eigenvalue weighted by molar-refractivity contribution is -0.166. The van der Waals surface area contributed by atoms with Crippen LogP contribution in [0.25, 0.3) is 0 Å². The molecule has 0 saturated heterocycles. The lowest BCUT2D eigenvalue weighted by Crippen LogP contribution is -2.30. The number of hydrogen-bond acceptors (Lipinski definition) is 6. The van der Waals surface area contributed by atoms with E-state index in [1.165, 1.54) is 128 Å². The molecule has 0 aromatic heterocycles. The molecule has 0 amide bonds. The Balaban J connectivity index is 4.43. The maximum absolute atomic E-state index is 12.8. The van der Waals surface area contributed by atoms with Gasteiger partial charge in [-0.25, -0.2) is 0 Å². The van der Waals surface area contributed by atoms with E-state index < -0.39 is 6.10 Å². The van der Waals surface area contributed by atoms with Crippen molar-refractivity contribution in [2.24, 2.45) is 0 Å². The third-order valence-corrected chi connectivity index (χ3v) is 11.9. The van der Waals surface area contributed by atoms with Crippen LogP contribution in [0, 0.1) is 0 Å². The molecule has 1 atom stereocenters. The summed E-state index contributed by atoms with van der Waals surface area (Å²) in [5.74, 6) is -0.993. The Labute approximate surface area is 414 Å². The highest BCUT2D eigenvalue weighted by molar-refractivity contribution is 5.71. The van der Waals surface area contributed by atoms with Crippen molar-refractivity contribution in [2.45, 2.75) is 271 Å². The summed E-state index contributed by atoms with van der Waals surface area (Å²) in [6, 6.07) is 0. The Bertz CT molecular complexity index is 1300. The largest absolute Gasteiger partial charge is 0.462 e. The summed E-state index contributed by atoms with van der Waals surface area (Å²) in [4.78, 5) is 38.0. The maximum Gasteiger partial charge on any atom is 0.306 e. The summed E-state index contributed by atoms with van der Waals surface area (Å²) in [5.41, 5.74) is 0. The zero-order chi connectivity index (χ0) is 48.6. The van der Waals surface area contributed by atoms with E-state index in [0.29, 0.717) is 19.3 Å². The first-order chi connectivity index (χ1) is 33.0. The lowest BCUT2D eigenvalue weighted by Gasteiger charge is -2.18. The van der Waals surface area contributed by atoms with E-state index >= 15 is 0 Å². The Morgan fingerprint density at radius 1 is 0.313 bits per heavy atom. The van der Waals surface area contributed by atoms with Gasteiger partial charge in [0, 0.05) is 19.3 Å². The van der Waals surface area contributed by atoms with Crippen LogP contribution >= 0.6 is 0 Å². The minimum Gasteiger partial charge on any atom is -0.462 e.